The number of aldehydes is 1. The van der Waals surface area contributed by atoms with E-state index in [1.807, 2.05) is 24.3 Å². The van der Waals surface area contributed by atoms with Crippen molar-refractivity contribution in [2.75, 3.05) is 17.2 Å². The third-order valence-corrected chi connectivity index (χ3v) is 2.93. The highest BCUT2D eigenvalue weighted by Crippen LogP contribution is 2.24. The van der Waals surface area contributed by atoms with Crippen LogP contribution in [-0.4, -0.2) is 18.9 Å². The first-order chi connectivity index (χ1) is 7.31. The summed E-state index contributed by atoms with van der Waals surface area (Å²) in [6.45, 7) is 0.966. The van der Waals surface area contributed by atoms with Crippen LogP contribution in [0.4, 0.5) is 11.4 Å². The molecule has 80 valence electrons. The van der Waals surface area contributed by atoms with Crippen molar-refractivity contribution < 1.29 is 4.79 Å². The van der Waals surface area contributed by atoms with Crippen LogP contribution in [0.5, 0.6) is 0 Å². The number of rotatable bonds is 2. The molecule has 1 saturated heterocycles. The lowest BCUT2D eigenvalue weighted by molar-refractivity contribution is -0.109. The van der Waals surface area contributed by atoms with E-state index in [1.165, 1.54) is 0 Å². The summed E-state index contributed by atoms with van der Waals surface area (Å²) < 4.78 is 0. The number of nitrogens with two attached hydrogens (primary N) is 1. The molecule has 1 atom stereocenters. The van der Waals surface area contributed by atoms with Crippen molar-refractivity contribution in [3.8, 4) is 0 Å². The quantitative estimate of drug-likeness (QED) is 0.590. The molecule has 1 aliphatic rings. The number of anilines is 2. The molecule has 2 N–H and O–H groups in total. The fraction of sp³-hybridized carbons (Fsp3) is 0.417. The Morgan fingerprint density at radius 3 is 2.67 bits per heavy atom. The Hall–Kier alpha value is -1.51. The van der Waals surface area contributed by atoms with Crippen molar-refractivity contribution in [1.29, 1.82) is 0 Å². The second-order valence-electron chi connectivity index (χ2n) is 3.98. The average molecular weight is 204 g/mol. The lowest BCUT2D eigenvalue weighted by atomic mass is 10.0. The van der Waals surface area contributed by atoms with Crippen LogP contribution >= 0.6 is 0 Å². The minimum Gasteiger partial charge on any atom is -0.399 e. The van der Waals surface area contributed by atoms with Crippen molar-refractivity contribution in [3.05, 3.63) is 24.3 Å². The van der Waals surface area contributed by atoms with Gasteiger partial charge in [-0.2, -0.15) is 0 Å². The summed E-state index contributed by atoms with van der Waals surface area (Å²) in [6, 6.07) is 7.77. The Morgan fingerprint density at radius 2 is 2.00 bits per heavy atom. The molecule has 1 fully saturated rings. The molecule has 1 heterocycles. The smallest absolute Gasteiger partial charge is 0.142 e. The Labute approximate surface area is 89.9 Å². The molecule has 2 rings (SSSR count). The van der Waals surface area contributed by atoms with Gasteiger partial charge in [-0.05, 0) is 43.5 Å². The van der Waals surface area contributed by atoms with E-state index in [9.17, 15) is 4.79 Å². The second kappa shape index (κ2) is 4.34. The summed E-state index contributed by atoms with van der Waals surface area (Å²) in [5, 5.41) is 0. The number of nitrogens with zero attached hydrogens (tertiary/aromatic N) is 1. The Kier molecular flexibility index (Phi) is 2.90. The largest absolute Gasteiger partial charge is 0.399 e. The maximum atomic E-state index is 10.9. The molecule has 0 aromatic heterocycles. The van der Waals surface area contributed by atoms with E-state index in [0.29, 0.717) is 0 Å². The first kappa shape index (κ1) is 10.0. The Balaban J connectivity index is 2.20. The van der Waals surface area contributed by atoms with E-state index < -0.39 is 0 Å². The summed E-state index contributed by atoms with van der Waals surface area (Å²) in [5.74, 6) is 0. The predicted molar refractivity (Wildman–Crippen MR) is 61.9 cm³/mol. The average Bonchev–Trinajstić information content (AvgIpc) is 2.30. The van der Waals surface area contributed by atoms with E-state index in [4.69, 9.17) is 5.73 Å². The third kappa shape index (κ3) is 2.12. The molecule has 0 spiro atoms. The van der Waals surface area contributed by atoms with Crippen molar-refractivity contribution in [2.24, 2.45) is 0 Å². The van der Waals surface area contributed by atoms with E-state index in [-0.39, 0.29) is 6.04 Å². The van der Waals surface area contributed by atoms with Crippen LogP contribution < -0.4 is 10.6 Å². The minimum absolute atomic E-state index is 0.0439. The molecule has 0 bridgehead atoms. The summed E-state index contributed by atoms with van der Waals surface area (Å²) >= 11 is 0. The summed E-state index contributed by atoms with van der Waals surface area (Å²) in [6.07, 6.45) is 4.33. The van der Waals surface area contributed by atoms with Gasteiger partial charge in [0.15, 0.2) is 0 Å². The Morgan fingerprint density at radius 1 is 1.27 bits per heavy atom. The summed E-state index contributed by atoms with van der Waals surface area (Å²) in [5.41, 5.74) is 7.50. The second-order valence-corrected chi connectivity index (χ2v) is 3.98. The van der Waals surface area contributed by atoms with Gasteiger partial charge in [0.1, 0.15) is 6.29 Å². The van der Waals surface area contributed by atoms with E-state index in [0.717, 1.165) is 43.5 Å². The van der Waals surface area contributed by atoms with Gasteiger partial charge >= 0.3 is 0 Å². The van der Waals surface area contributed by atoms with E-state index in [2.05, 4.69) is 4.90 Å². The van der Waals surface area contributed by atoms with E-state index >= 15 is 0 Å². The predicted octanol–water partition coefficient (Wildman–Crippen LogP) is 1.83. The van der Waals surface area contributed by atoms with Crippen LogP contribution in [0.1, 0.15) is 19.3 Å². The highest BCUT2D eigenvalue weighted by atomic mass is 16.1. The highest BCUT2D eigenvalue weighted by molar-refractivity contribution is 5.67. The number of benzene rings is 1. The zero-order valence-electron chi connectivity index (χ0n) is 8.73. The van der Waals surface area contributed by atoms with Gasteiger partial charge < -0.3 is 15.4 Å². The van der Waals surface area contributed by atoms with Gasteiger partial charge in [0, 0.05) is 17.9 Å². The molecule has 3 heteroatoms. The lowest BCUT2D eigenvalue weighted by Gasteiger charge is -2.34. The number of hydrogen-bond acceptors (Lipinski definition) is 3. The van der Waals surface area contributed by atoms with Crippen LogP contribution in [0.25, 0.3) is 0 Å². The Bertz CT molecular complexity index is 334. The highest BCUT2D eigenvalue weighted by Gasteiger charge is 2.21. The SMILES string of the molecule is Nc1ccc(N2CCCCC2C=O)cc1. The first-order valence-electron chi connectivity index (χ1n) is 5.39. The number of piperidine rings is 1. The van der Waals surface area contributed by atoms with Crippen molar-refractivity contribution in [2.45, 2.75) is 25.3 Å². The molecule has 1 unspecified atom stereocenters. The number of carbonyl (C=O) groups is 1. The van der Waals surface area contributed by atoms with Crippen LogP contribution in [0, 0.1) is 0 Å². The van der Waals surface area contributed by atoms with Crippen molar-refractivity contribution >= 4 is 17.7 Å². The number of nitrogen functional groups attached to an aromatic ring is 1. The molecule has 0 amide bonds. The van der Waals surface area contributed by atoms with Gasteiger partial charge in [0.05, 0.1) is 6.04 Å². The number of carbonyl (C=O) groups excluding carboxylic acids is 1. The minimum atomic E-state index is 0.0439. The molecule has 1 aliphatic heterocycles. The van der Waals surface area contributed by atoms with Gasteiger partial charge in [-0.15, -0.1) is 0 Å². The summed E-state index contributed by atoms with van der Waals surface area (Å²) in [4.78, 5) is 13.1. The van der Waals surface area contributed by atoms with Crippen molar-refractivity contribution in [1.82, 2.24) is 0 Å². The molecule has 1 aromatic carbocycles. The van der Waals surface area contributed by atoms with Crippen LogP contribution in [0.15, 0.2) is 24.3 Å². The standard InChI is InChI=1S/C12H16N2O/c13-10-4-6-11(7-5-10)14-8-2-1-3-12(14)9-15/h4-7,9,12H,1-3,8,13H2. The molecular formula is C12H16N2O. The van der Waals surface area contributed by atoms with Gasteiger partial charge in [-0.1, -0.05) is 0 Å². The number of hydrogen-bond donors (Lipinski definition) is 1. The molecular weight excluding hydrogens is 188 g/mol. The lowest BCUT2D eigenvalue weighted by Crippen LogP contribution is -2.40. The van der Waals surface area contributed by atoms with Crippen LogP contribution in [-0.2, 0) is 4.79 Å². The molecule has 15 heavy (non-hydrogen) atoms. The van der Waals surface area contributed by atoms with Gasteiger partial charge in [-0.25, -0.2) is 0 Å². The molecule has 0 aliphatic carbocycles. The van der Waals surface area contributed by atoms with Gasteiger partial charge in [0.25, 0.3) is 0 Å². The van der Waals surface area contributed by atoms with Crippen molar-refractivity contribution in [3.63, 3.8) is 0 Å². The monoisotopic (exact) mass is 204 g/mol. The first-order valence-corrected chi connectivity index (χ1v) is 5.39. The van der Waals surface area contributed by atoms with E-state index in [1.54, 1.807) is 0 Å². The fourth-order valence-electron chi connectivity index (χ4n) is 2.09. The van der Waals surface area contributed by atoms with Crippen LogP contribution in [0.3, 0.4) is 0 Å². The fourth-order valence-corrected chi connectivity index (χ4v) is 2.09. The summed E-state index contributed by atoms with van der Waals surface area (Å²) in [7, 11) is 0. The zero-order chi connectivity index (χ0) is 10.7. The molecule has 1 aromatic rings. The third-order valence-electron chi connectivity index (χ3n) is 2.93. The molecule has 0 saturated carbocycles. The molecule has 3 nitrogen and oxygen atoms in total. The van der Waals surface area contributed by atoms with Gasteiger partial charge in [-0.3, -0.25) is 0 Å². The normalized spacial score (nSPS) is 21.3. The maximum Gasteiger partial charge on any atom is 0.142 e. The van der Waals surface area contributed by atoms with Crippen LogP contribution in [0.2, 0.25) is 0 Å². The molecule has 0 radical (unpaired) electrons. The van der Waals surface area contributed by atoms with Gasteiger partial charge in [0.2, 0.25) is 0 Å². The maximum absolute atomic E-state index is 10.9. The zero-order valence-corrected chi connectivity index (χ0v) is 8.73. The topological polar surface area (TPSA) is 46.3 Å².